The predicted molar refractivity (Wildman–Crippen MR) is 92.7 cm³/mol. The first-order valence-corrected chi connectivity index (χ1v) is 8.58. The molecule has 0 bridgehead atoms. The molecule has 0 aliphatic heterocycles. The Kier molecular flexibility index (Phi) is 6.81. The van der Waals surface area contributed by atoms with E-state index in [4.69, 9.17) is 0 Å². The fourth-order valence-corrected chi connectivity index (χ4v) is 3.08. The highest BCUT2D eigenvalue weighted by Crippen LogP contribution is 2.22. The van der Waals surface area contributed by atoms with Gasteiger partial charge in [0.25, 0.3) is 0 Å². The van der Waals surface area contributed by atoms with Crippen molar-refractivity contribution in [3.8, 4) is 0 Å². The number of aromatic nitrogens is 1. The Morgan fingerprint density at radius 3 is 2.43 bits per heavy atom. The van der Waals surface area contributed by atoms with Crippen LogP contribution in [0.1, 0.15) is 57.4 Å². The van der Waals surface area contributed by atoms with Gasteiger partial charge in [0.15, 0.2) is 0 Å². The van der Waals surface area contributed by atoms with Crippen molar-refractivity contribution in [1.29, 1.82) is 0 Å². The van der Waals surface area contributed by atoms with Crippen LogP contribution in [0.3, 0.4) is 0 Å². The molecule has 0 unspecified atom stereocenters. The molecule has 0 fully saturated rings. The Balaban J connectivity index is 1.87. The molecular weight excluding hydrogens is 256 g/mol. The quantitative estimate of drug-likeness (QED) is 0.600. The first kappa shape index (κ1) is 16.1. The third-order valence-electron chi connectivity index (χ3n) is 4.24. The minimum absolute atomic E-state index is 0.949. The summed E-state index contributed by atoms with van der Waals surface area (Å²) in [6.45, 7) is 4.38. The molecule has 0 spiro atoms. The van der Waals surface area contributed by atoms with Gasteiger partial charge in [-0.3, -0.25) is 0 Å². The average molecular weight is 286 g/mol. The molecule has 0 radical (unpaired) electrons. The van der Waals surface area contributed by atoms with Gasteiger partial charge >= 0.3 is 0 Å². The van der Waals surface area contributed by atoms with E-state index in [2.05, 4.69) is 47.3 Å². The molecule has 0 saturated carbocycles. The van der Waals surface area contributed by atoms with Gasteiger partial charge in [0.05, 0.1) is 0 Å². The third kappa shape index (κ3) is 4.60. The topological polar surface area (TPSA) is 17.0 Å². The van der Waals surface area contributed by atoms with Crippen LogP contribution in [0.25, 0.3) is 10.9 Å². The molecule has 1 aromatic heterocycles. The lowest BCUT2D eigenvalue weighted by Crippen LogP contribution is -2.04. The summed E-state index contributed by atoms with van der Waals surface area (Å²) < 4.78 is 2.44. The van der Waals surface area contributed by atoms with E-state index in [1.54, 1.807) is 0 Å². The van der Waals surface area contributed by atoms with Gasteiger partial charge in [0.2, 0.25) is 0 Å². The lowest BCUT2D eigenvalue weighted by atomic mass is 10.1. The van der Waals surface area contributed by atoms with Crippen LogP contribution in [0.15, 0.2) is 30.5 Å². The van der Waals surface area contributed by atoms with E-state index >= 15 is 0 Å². The maximum absolute atomic E-state index is 3.27. The Morgan fingerprint density at radius 2 is 1.67 bits per heavy atom. The number of unbranched alkanes of at least 4 members (excludes halogenated alkanes) is 6. The first-order valence-electron chi connectivity index (χ1n) is 8.58. The molecule has 116 valence electrons. The van der Waals surface area contributed by atoms with Crippen molar-refractivity contribution in [2.75, 3.05) is 7.05 Å². The van der Waals surface area contributed by atoms with E-state index in [-0.39, 0.29) is 0 Å². The monoisotopic (exact) mass is 286 g/mol. The second kappa shape index (κ2) is 8.89. The van der Waals surface area contributed by atoms with Crippen LogP contribution in [-0.4, -0.2) is 11.6 Å². The minimum atomic E-state index is 0.949. The predicted octanol–water partition coefficient (Wildman–Crippen LogP) is 5.11. The fraction of sp³-hybridized carbons (Fsp3) is 0.579. The molecule has 21 heavy (non-hydrogen) atoms. The molecule has 1 heterocycles. The van der Waals surface area contributed by atoms with Crippen LogP contribution < -0.4 is 5.32 Å². The van der Waals surface area contributed by atoms with Gasteiger partial charge in [-0.25, -0.2) is 0 Å². The average Bonchev–Trinajstić information content (AvgIpc) is 2.85. The summed E-state index contributed by atoms with van der Waals surface area (Å²) >= 11 is 0. The van der Waals surface area contributed by atoms with Crippen molar-refractivity contribution in [3.05, 3.63) is 36.0 Å². The van der Waals surface area contributed by atoms with Crippen molar-refractivity contribution >= 4 is 10.9 Å². The van der Waals surface area contributed by atoms with Crippen molar-refractivity contribution < 1.29 is 0 Å². The van der Waals surface area contributed by atoms with Crippen LogP contribution in [-0.2, 0) is 13.1 Å². The highest BCUT2D eigenvalue weighted by atomic mass is 15.0. The van der Waals surface area contributed by atoms with Gasteiger partial charge in [-0.15, -0.1) is 0 Å². The Morgan fingerprint density at radius 1 is 0.952 bits per heavy atom. The molecule has 1 aromatic carbocycles. The molecule has 2 nitrogen and oxygen atoms in total. The minimum Gasteiger partial charge on any atom is -0.347 e. The van der Waals surface area contributed by atoms with E-state index in [0.717, 1.165) is 13.1 Å². The van der Waals surface area contributed by atoms with Crippen LogP contribution in [0.4, 0.5) is 0 Å². The molecule has 1 N–H and O–H groups in total. The number of fused-ring (bicyclic) bond motifs is 1. The van der Waals surface area contributed by atoms with E-state index in [9.17, 15) is 0 Å². The number of hydrogen-bond acceptors (Lipinski definition) is 1. The summed E-state index contributed by atoms with van der Waals surface area (Å²) in [6, 6.07) is 8.77. The SMILES string of the molecule is CCCCCCCCCn1cc(CNC)c2ccccc21. The molecular formula is C19H30N2. The van der Waals surface area contributed by atoms with E-state index in [0.29, 0.717) is 0 Å². The lowest BCUT2D eigenvalue weighted by Gasteiger charge is -2.05. The summed E-state index contributed by atoms with van der Waals surface area (Å²) in [4.78, 5) is 0. The maximum atomic E-state index is 3.27. The Hall–Kier alpha value is -1.28. The van der Waals surface area contributed by atoms with Gasteiger partial charge in [-0.1, -0.05) is 63.6 Å². The largest absolute Gasteiger partial charge is 0.347 e. The van der Waals surface area contributed by atoms with Crippen LogP contribution in [0, 0.1) is 0 Å². The molecule has 0 aliphatic rings. The van der Waals surface area contributed by atoms with E-state index in [1.165, 1.54) is 61.4 Å². The highest BCUT2D eigenvalue weighted by Gasteiger charge is 2.06. The lowest BCUT2D eigenvalue weighted by molar-refractivity contribution is 0.555. The summed E-state index contributed by atoms with van der Waals surface area (Å²) in [5.41, 5.74) is 2.80. The number of aryl methyl sites for hydroxylation is 1. The van der Waals surface area contributed by atoms with Crippen molar-refractivity contribution in [2.24, 2.45) is 0 Å². The second-order valence-corrected chi connectivity index (χ2v) is 6.02. The first-order chi connectivity index (χ1) is 10.4. The van der Waals surface area contributed by atoms with Gasteiger partial charge < -0.3 is 9.88 Å². The molecule has 2 heteroatoms. The van der Waals surface area contributed by atoms with Gasteiger partial charge in [0, 0.05) is 30.2 Å². The van der Waals surface area contributed by atoms with Gasteiger partial charge in [-0.2, -0.15) is 0 Å². The Labute approximate surface area is 129 Å². The summed E-state index contributed by atoms with van der Waals surface area (Å²) in [5, 5.41) is 4.67. The number of rotatable bonds is 10. The van der Waals surface area contributed by atoms with Crippen LogP contribution in [0.5, 0.6) is 0 Å². The van der Waals surface area contributed by atoms with Crippen LogP contribution >= 0.6 is 0 Å². The molecule has 0 aliphatic carbocycles. The number of para-hydroxylation sites is 1. The standard InChI is InChI=1S/C19H30N2/c1-3-4-5-6-7-8-11-14-21-16-17(15-20-2)18-12-9-10-13-19(18)21/h9-10,12-13,16,20H,3-8,11,14-15H2,1-2H3. The van der Waals surface area contributed by atoms with Crippen molar-refractivity contribution in [3.63, 3.8) is 0 Å². The summed E-state index contributed by atoms with van der Waals surface area (Å²) in [6.07, 6.45) is 11.9. The highest BCUT2D eigenvalue weighted by molar-refractivity contribution is 5.83. The molecule has 2 aromatic rings. The molecule has 0 amide bonds. The number of nitrogens with one attached hydrogen (secondary N) is 1. The fourth-order valence-electron chi connectivity index (χ4n) is 3.08. The smallest absolute Gasteiger partial charge is 0.0483 e. The Bertz CT molecular complexity index is 527. The normalized spacial score (nSPS) is 11.3. The summed E-state index contributed by atoms with van der Waals surface area (Å²) in [7, 11) is 2.02. The molecule has 0 atom stereocenters. The zero-order valence-electron chi connectivity index (χ0n) is 13.7. The van der Waals surface area contributed by atoms with Crippen molar-refractivity contribution in [2.45, 2.75) is 65.0 Å². The summed E-state index contributed by atoms with van der Waals surface area (Å²) in [5.74, 6) is 0. The third-order valence-corrected chi connectivity index (χ3v) is 4.24. The number of nitrogens with zero attached hydrogens (tertiary/aromatic N) is 1. The van der Waals surface area contributed by atoms with E-state index < -0.39 is 0 Å². The number of hydrogen-bond donors (Lipinski definition) is 1. The van der Waals surface area contributed by atoms with Gasteiger partial charge in [-0.05, 0) is 25.1 Å². The zero-order valence-corrected chi connectivity index (χ0v) is 13.7. The van der Waals surface area contributed by atoms with Crippen molar-refractivity contribution in [1.82, 2.24) is 9.88 Å². The molecule has 0 saturated heterocycles. The maximum Gasteiger partial charge on any atom is 0.0483 e. The number of benzene rings is 1. The van der Waals surface area contributed by atoms with Crippen LogP contribution in [0.2, 0.25) is 0 Å². The molecule has 2 rings (SSSR count). The second-order valence-electron chi connectivity index (χ2n) is 6.02. The van der Waals surface area contributed by atoms with E-state index in [1.807, 2.05) is 7.05 Å². The zero-order chi connectivity index (χ0) is 14.9. The van der Waals surface area contributed by atoms with Gasteiger partial charge in [0.1, 0.15) is 0 Å².